The monoisotopic (exact) mass is 244 g/mol. The van der Waals surface area contributed by atoms with Gasteiger partial charge < -0.3 is 14.5 Å². The Hall–Kier alpha value is -0.0700. The van der Waals surface area contributed by atoms with E-state index in [9.17, 15) is 9.36 Å². The van der Waals surface area contributed by atoms with Gasteiger partial charge in [0.05, 0.1) is 12.5 Å². The van der Waals surface area contributed by atoms with Crippen LogP contribution in [0.15, 0.2) is 0 Å². The van der Waals surface area contributed by atoms with Crippen LogP contribution in [0.1, 0.15) is 6.92 Å². The molecule has 1 unspecified atom stereocenters. The van der Waals surface area contributed by atoms with E-state index in [4.69, 9.17) is 9.79 Å². The summed E-state index contributed by atoms with van der Waals surface area (Å²) in [6.07, 6.45) is 0. The Morgan fingerprint density at radius 2 is 2.07 bits per heavy atom. The lowest BCUT2D eigenvalue weighted by molar-refractivity contribution is -0.148. The van der Waals surface area contributed by atoms with Gasteiger partial charge in [0.15, 0.2) is 0 Å². The van der Waals surface area contributed by atoms with Crippen molar-refractivity contribution in [2.24, 2.45) is 5.92 Å². The number of phosphoric acid groups is 1. The second-order valence-corrected chi connectivity index (χ2v) is 4.18. The molecule has 0 aromatic heterocycles. The van der Waals surface area contributed by atoms with Gasteiger partial charge in [0.25, 0.3) is 0 Å². The number of hydrogen-bond acceptors (Lipinski definition) is 5. The third kappa shape index (κ3) is 7.34. The Bertz CT molecular complexity index is 226. The predicted molar refractivity (Wildman–Crippen MR) is 52.0 cm³/mol. The highest BCUT2D eigenvalue weighted by Crippen LogP contribution is 2.35. The third-order valence-corrected chi connectivity index (χ3v) is 2.33. The Morgan fingerprint density at radius 3 is 2.50 bits per heavy atom. The number of carbonyl (C=O) groups is 1. The van der Waals surface area contributed by atoms with Gasteiger partial charge in [0, 0.05) is 5.75 Å². The molecule has 0 heterocycles. The third-order valence-electron chi connectivity index (χ3n) is 1.26. The van der Waals surface area contributed by atoms with Crippen molar-refractivity contribution in [1.82, 2.24) is 0 Å². The molecule has 8 heteroatoms. The molecular formula is C6H13O6PS. The molecule has 0 fully saturated rings. The number of rotatable bonds is 6. The van der Waals surface area contributed by atoms with Gasteiger partial charge in [-0.3, -0.25) is 9.32 Å². The van der Waals surface area contributed by atoms with E-state index in [1.54, 1.807) is 6.92 Å². The average molecular weight is 244 g/mol. The molecule has 6 nitrogen and oxygen atoms in total. The number of hydrogen-bond donors (Lipinski definition) is 3. The van der Waals surface area contributed by atoms with Crippen LogP contribution >= 0.6 is 20.5 Å². The number of phosphoric ester groups is 1. The molecule has 0 radical (unpaired) electrons. The molecule has 0 aliphatic heterocycles. The van der Waals surface area contributed by atoms with Gasteiger partial charge in [0.1, 0.15) is 6.61 Å². The van der Waals surface area contributed by atoms with Crippen molar-refractivity contribution < 1.29 is 28.4 Å². The summed E-state index contributed by atoms with van der Waals surface area (Å²) in [5.41, 5.74) is 0. The van der Waals surface area contributed by atoms with Crippen LogP contribution in [0.3, 0.4) is 0 Å². The number of esters is 1. The molecule has 0 amide bonds. The van der Waals surface area contributed by atoms with Crippen LogP contribution in [0.2, 0.25) is 0 Å². The van der Waals surface area contributed by atoms with Gasteiger partial charge in [0.2, 0.25) is 0 Å². The van der Waals surface area contributed by atoms with Crippen molar-refractivity contribution in [3.8, 4) is 0 Å². The summed E-state index contributed by atoms with van der Waals surface area (Å²) in [5.74, 6) is -0.444. The molecule has 0 saturated heterocycles. The molecule has 0 bridgehead atoms. The number of thiol groups is 1. The molecule has 0 aliphatic rings. The van der Waals surface area contributed by atoms with E-state index in [0.29, 0.717) is 5.75 Å². The van der Waals surface area contributed by atoms with Crippen LogP contribution < -0.4 is 0 Å². The number of carbonyl (C=O) groups excluding carboxylic acids is 1. The van der Waals surface area contributed by atoms with Gasteiger partial charge >= 0.3 is 13.8 Å². The summed E-state index contributed by atoms with van der Waals surface area (Å²) in [6.45, 7) is 1.14. The second-order valence-electron chi connectivity index (χ2n) is 2.57. The summed E-state index contributed by atoms with van der Waals surface area (Å²) in [4.78, 5) is 27.5. The zero-order valence-electron chi connectivity index (χ0n) is 7.62. The molecule has 0 rings (SSSR count). The fourth-order valence-corrected chi connectivity index (χ4v) is 0.977. The summed E-state index contributed by atoms with van der Waals surface area (Å²) in [7, 11) is -4.46. The maximum atomic E-state index is 11.0. The molecule has 0 aliphatic carbocycles. The van der Waals surface area contributed by atoms with Crippen LogP contribution in [0.5, 0.6) is 0 Å². The number of ether oxygens (including phenoxy) is 1. The van der Waals surface area contributed by atoms with E-state index < -0.39 is 13.8 Å². The summed E-state index contributed by atoms with van der Waals surface area (Å²) < 4.78 is 18.9. The first kappa shape index (κ1) is 13.9. The minimum atomic E-state index is -4.46. The topological polar surface area (TPSA) is 93.1 Å². The van der Waals surface area contributed by atoms with E-state index in [-0.39, 0.29) is 19.1 Å². The van der Waals surface area contributed by atoms with Crippen LogP contribution in [0.4, 0.5) is 0 Å². The fraction of sp³-hybridized carbons (Fsp3) is 0.833. The first-order valence-electron chi connectivity index (χ1n) is 3.84. The highest BCUT2D eigenvalue weighted by Gasteiger charge is 2.15. The standard InChI is InChI=1S/C6H13O6PS/c1-5(4-14)6(7)11-2-3-12-13(8,9)10/h5,14H,2-4H2,1H3,(H2,8,9,10). The largest absolute Gasteiger partial charge is 0.469 e. The average Bonchev–Trinajstić information content (AvgIpc) is 2.09. The Labute approximate surface area is 87.2 Å². The van der Waals surface area contributed by atoms with E-state index in [1.807, 2.05) is 0 Å². The lowest BCUT2D eigenvalue weighted by Gasteiger charge is -2.09. The minimum absolute atomic E-state index is 0.179. The quantitative estimate of drug-likeness (QED) is 0.267. The normalized spacial score (nSPS) is 13.7. The summed E-state index contributed by atoms with van der Waals surface area (Å²) >= 11 is 3.89. The summed E-state index contributed by atoms with van der Waals surface area (Å²) in [5, 5.41) is 0. The first-order valence-corrected chi connectivity index (χ1v) is 6.00. The smallest absolute Gasteiger partial charge is 0.463 e. The molecule has 0 aromatic carbocycles. The maximum absolute atomic E-state index is 11.0. The van der Waals surface area contributed by atoms with Crippen molar-refractivity contribution in [2.75, 3.05) is 19.0 Å². The molecular weight excluding hydrogens is 231 g/mol. The van der Waals surface area contributed by atoms with E-state index in [0.717, 1.165) is 0 Å². The van der Waals surface area contributed by atoms with Gasteiger partial charge in [-0.1, -0.05) is 6.92 Å². The van der Waals surface area contributed by atoms with Gasteiger partial charge in [-0.05, 0) is 0 Å². The van der Waals surface area contributed by atoms with Crippen molar-refractivity contribution in [1.29, 1.82) is 0 Å². The SMILES string of the molecule is CC(CS)C(=O)OCCOP(=O)(O)O. The minimum Gasteiger partial charge on any atom is -0.463 e. The van der Waals surface area contributed by atoms with Gasteiger partial charge in [-0.25, -0.2) is 4.57 Å². The van der Waals surface area contributed by atoms with Gasteiger partial charge in [-0.2, -0.15) is 12.6 Å². The van der Waals surface area contributed by atoms with E-state index in [1.165, 1.54) is 0 Å². The second kappa shape index (κ2) is 6.42. The molecule has 2 N–H and O–H groups in total. The highest BCUT2D eigenvalue weighted by molar-refractivity contribution is 7.80. The van der Waals surface area contributed by atoms with E-state index >= 15 is 0 Å². The summed E-state index contributed by atoms with van der Waals surface area (Å²) in [6, 6.07) is 0. The maximum Gasteiger partial charge on any atom is 0.469 e. The lowest BCUT2D eigenvalue weighted by atomic mass is 10.2. The molecule has 0 saturated carbocycles. The zero-order chi connectivity index (χ0) is 11.2. The van der Waals surface area contributed by atoms with Crippen LogP contribution in [0.25, 0.3) is 0 Å². The first-order chi connectivity index (χ1) is 6.37. The van der Waals surface area contributed by atoms with Crippen LogP contribution in [0, 0.1) is 5.92 Å². The zero-order valence-corrected chi connectivity index (χ0v) is 9.41. The Morgan fingerprint density at radius 1 is 1.50 bits per heavy atom. The van der Waals surface area contributed by atoms with Crippen molar-refractivity contribution in [3.05, 3.63) is 0 Å². The molecule has 84 valence electrons. The molecule has 1 atom stereocenters. The van der Waals surface area contributed by atoms with E-state index in [2.05, 4.69) is 21.9 Å². The molecule has 0 aromatic rings. The van der Waals surface area contributed by atoms with Crippen LogP contribution in [-0.4, -0.2) is 34.7 Å². The van der Waals surface area contributed by atoms with Crippen molar-refractivity contribution in [2.45, 2.75) is 6.92 Å². The Balaban J connectivity index is 3.55. The predicted octanol–water partition coefficient (Wildman–Crippen LogP) is 0.205. The van der Waals surface area contributed by atoms with Gasteiger partial charge in [-0.15, -0.1) is 0 Å². The molecule has 14 heavy (non-hydrogen) atoms. The Kier molecular flexibility index (Phi) is 6.39. The van der Waals surface area contributed by atoms with Crippen molar-refractivity contribution in [3.63, 3.8) is 0 Å². The van der Waals surface area contributed by atoms with Crippen molar-refractivity contribution >= 4 is 26.4 Å². The lowest BCUT2D eigenvalue weighted by Crippen LogP contribution is -2.18. The van der Waals surface area contributed by atoms with Crippen LogP contribution in [-0.2, 0) is 18.6 Å². The highest BCUT2D eigenvalue weighted by atomic mass is 32.1. The fourth-order valence-electron chi connectivity index (χ4n) is 0.515. The molecule has 0 spiro atoms.